The Labute approximate surface area is 229 Å². The van der Waals surface area contributed by atoms with Gasteiger partial charge in [-0.15, -0.1) is 0 Å². The van der Waals surface area contributed by atoms with E-state index in [2.05, 4.69) is 42.5 Å². The van der Waals surface area contributed by atoms with Crippen LogP contribution >= 0.6 is 0 Å². The molecule has 1 amide bonds. The second-order valence-electron chi connectivity index (χ2n) is 12.3. The summed E-state index contributed by atoms with van der Waals surface area (Å²) in [5.41, 5.74) is 1.67. The lowest BCUT2D eigenvalue weighted by Crippen LogP contribution is -2.48. The van der Waals surface area contributed by atoms with Crippen molar-refractivity contribution in [3.05, 3.63) is 30.0 Å². The highest BCUT2D eigenvalue weighted by molar-refractivity contribution is 5.79. The Kier molecular flexibility index (Phi) is 12.5. The van der Waals surface area contributed by atoms with Crippen molar-refractivity contribution in [3.63, 3.8) is 0 Å². The van der Waals surface area contributed by atoms with Gasteiger partial charge in [-0.25, -0.2) is 4.79 Å². The van der Waals surface area contributed by atoms with Crippen molar-refractivity contribution in [2.45, 2.75) is 98.4 Å². The Morgan fingerprint density at radius 3 is 2.37 bits per heavy atom. The number of carbonyl (C=O) groups is 1. The van der Waals surface area contributed by atoms with E-state index in [1.807, 2.05) is 45.5 Å². The molecule has 0 aliphatic carbocycles. The van der Waals surface area contributed by atoms with Crippen LogP contribution in [0.2, 0.25) is 0 Å². The maximum atomic E-state index is 12.7. The SMILES string of the molecule is COCCCn1ncc2ccc(C[C@@H](C[C@H](NC(=O)OC(C)(C)C)[C@H](O)C[C@H](CO)C(C)C)C(C)C)cc21. The highest BCUT2D eigenvalue weighted by atomic mass is 16.6. The molecule has 2 aromatic rings. The standard InChI is InChI=1S/C30H51N3O5/c1-20(2)24(14-22-10-11-23-18-31-33(27(23)15-22)12-9-13-37-8)16-26(32-29(36)38-30(5,6)7)28(35)17-25(19-34)21(3)4/h10-11,15,18,20-21,24-26,28,34-35H,9,12-14,16-17,19H2,1-8H3,(H,32,36)/t24-,25+,26-,28+/m0/s1. The van der Waals surface area contributed by atoms with Crippen LogP contribution in [0.25, 0.3) is 10.9 Å². The summed E-state index contributed by atoms with van der Waals surface area (Å²) < 4.78 is 12.7. The molecule has 0 aliphatic rings. The first-order chi connectivity index (χ1) is 17.8. The number of aliphatic hydroxyl groups is 2. The number of fused-ring (bicyclic) bond motifs is 1. The van der Waals surface area contributed by atoms with Gasteiger partial charge in [0.1, 0.15) is 5.60 Å². The predicted octanol–water partition coefficient (Wildman–Crippen LogP) is 5.19. The topological polar surface area (TPSA) is 106 Å². The number of nitrogens with zero attached hydrogens (tertiary/aromatic N) is 2. The highest BCUT2D eigenvalue weighted by Gasteiger charge is 2.31. The highest BCUT2D eigenvalue weighted by Crippen LogP contribution is 2.28. The molecule has 0 bridgehead atoms. The van der Waals surface area contributed by atoms with Crippen molar-refractivity contribution in [1.82, 2.24) is 15.1 Å². The lowest BCUT2D eigenvalue weighted by atomic mass is 9.81. The molecular formula is C30H51N3O5. The summed E-state index contributed by atoms with van der Waals surface area (Å²) in [6.45, 7) is 15.4. The van der Waals surface area contributed by atoms with E-state index in [0.717, 1.165) is 30.3 Å². The third-order valence-electron chi connectivity index (χ3n) is 7.31. The average Bonchev–Trinajstić information content (AvgIpc) is 3.22. The van der Waals surface area contributed by atoms with Crippen LogP contribution in [-0.2, 0) is 22.4 Å². The van der Waals surface area contributed by atoms with Gasteiger partial charge in [-0.1, -0.05) is 39.8 Å². The summed E-state index contributed by atoms with van der Waals surface area (Å²) in [5.74, 6) is 0.703. The van der Waals surface area contributed by atoms with Gasteiger partial charge in [0.15, 0.2) is 0 Å². The molecule has 3 N–H and O–H groups in total. The number of amides is 1. The molecule has 0 aliphatic heterocycles. The zero-order valence-electron chi connectivity index (χ0n) is 24.7. The third kappa shape index (κ3) is 10.2. The number of methoxy groups -OCH3 is 1. The normalized spacial score (nSPS) is 15.6. The van der Waals surface area contributed by atoms with Crippen molar-refractivity contribution in [1.29, 1.82) is 0 Å². The number of rotatable bonds is 15. The average molecular weight is 534 g/mol. The maximum Gasteiger partial charge on any atom is 0.407 e. The fraction of sp³-hybridized carbons (Fsp3) is 0.733. The molecule has 4 atom stereocenters. The zero-order chi connectivity index (χ0) is 28.5. The molecule has 0 saturated carbocycles. The fourth-order valence-corrected chi connectivity index (χ4v) is 4.80. The maximum absolute atomic E-state index is 12.7. The summed E-state index contributed by atoms with van der Waals surface area (Å²) in [5, 5.41) is 29.7. The van der Waals surface area contributed by atoms with Crippen LogP contribution in [0, 0.1) is 23.7 Å². The molecule has 0 radical (unpaired) electrons. The van der Waals surface area contributed by atoms with Gasteiger partial charge in [-0.3, -0.25) is 4.68 Å². The van der Waals surface area contributed by atoms with Gasteiger partial charge in [0.2, 0.25) is 0 Å². The van der Waals surface area contributed by atoms with E-state index in [0.29, 0.717) is 25.4 Å². The third-order valence-corrected chi connectivity index (χ3v) is 7.31. The smallest absolute Gasteiger partial charge is 0.407 e. The molecule has 1 aromatic heterocycles. The van der Waals surface area contributed by atoms with Gasteiger partial charge in [0, 0.05) is 32.3 Å². The quantitative estimate of drug-likeness (QED) is 0.272. The van der Waals surface area contributed by atoms with Crippen LogP contribution in [0.3, 0.4) is 0 Å². The van der Waals surface area contributed by atoms with Gasteiger partial charge < -0.3 is 25.0 Å². The van der Waals surface area contributed by atoms with Gasteiger partial charge in [0.05, 0.1) is 23.9 Å². The van der Waals surface area contributed by atoms with Crippen molar-refractivity contribution in [3.8, 4) is 0 Å². The van der Waals surface area contributed by atoms with E-state index in [1.165, 1.54) is 5.56 Å². The number of aryl methyl sites for hydroxylation is 1. The zero-order valence-corrected chi connectivity index (χ0v) is 24.7. The molecular weight excluding hydrogens is 482 g/mol. The molecule has 1 heterocycles. The summed E-state index contributed by atoms with van der Waals surface area (Å²) in [7, 11) is 1.71. The van der Waals surface area contributed by atoms with Crippen molar-refractivity contribution >= 4 is 17.0 Å². The number of nitrogens with one attached hydrogen (secondary N) is 1. The molecule has 1 aromatic carbocycles. The number of carbonyl (C=O) groups excluding carboxylic acids is 1. The summed E-state index contributed by atoms with van der Waals surface area (Å²) in [6.07, 6.45) is 3.28. The van der Waals surface area contributed by atoms with Gasteiger partial charge in [0.25, 0.3) is 0 Å². The summed E-state index contributed by atoms with van der Waals surface area (Å²) >= 11 is 0. The first kappa shape index (κ1) is 32.1. The molecule has 38 heavy (non-hydrogen) atoms. The Bertz CT molecular complexity index is 982. The minimum Gasteiger partial charge on any atom is -0.444 e. The number of benzene rings is 1. The van der Waals surface area contributed by atoms with Crippen LogP contribution in [-0.4, -0.2) is 64.2 Å². The largest absolute Gasteiger partial charge is 0.444 e. The summed E-state index contributed by atoms with van der Waals surface area (Å²) in [4.78, 5) is 12.7. The van der Waals surface area contributed by atoms with E-state index >= 15 is 0 Å². The van der Waals surface area contributed by atoms with E-state index in [4.69, 9.17) is 9.47 Å². The minimum absolute atomic E-state index is 0.000426. The Hall–Kier alpha value is -2.16. The predicted molar refractivity (Wildman–Crippen MR) is 152 cm³/mol. The molecule has 8 nitrogen and oxygen atoms in total. The van der Waals surface area contributed by atoms with Gasteiger partial charge in [-0.2, -0.15) is 5.10 Å². The molecule has 0 spiro atoms. The monoisotopic (exact) mass is 533 g/mol. The number of aromatic nitrogens is 2. The summed E-state index contributed by atoms with van der Waals surface area (Å²) in [6, 6.07) is 5.97. The van der Waals surface area contributed by atoms with Crippen LogP contribution in [0.1, 0.15) is 73.3 Å². The molecule has 8 heteroatoms. The number of ether oxygens (including phenoxy) is 2. The Morgan fingerprint density at radius 2 is 1.79 bits per heavy atom. The molecule has 0 unspecified atom stereocenters. The number of hydrogen-bond donors (Lipinski definition) is 3. The molecule has 2 rings (SSSR count). The Balaban J connectivity index is 2.25. The fourth-order valence-electron chi connectivity index (χ4n) is 4.80. The lowest BCUT2D eigenvalue weighted by molar-refractivity contribution is 0.0298. The van der Waals surface area contributed by atoms with Crippen molar-refractivity contribution in [2.24, 2.45) is 23.7 Å². The number of alkyl carbamates (subject to hydrolysis) is 1. The molecule has 0 saturated heterocycles. The lowest BCUT2D eigenvalue weighted by Gasteiger charge is -2.33. The first-order valence-electron chi connectivity index (χ1n) is 14.1. The first-order valence-corrected chi connectivity index (χ1v) is 14.1. The van der Waals surface area contributed by atoms with Crippen molar-refractivity contribution < 1.29 is 24.5 Å². The minimum atomic E-state index is -0.798. The Morgan fingerprint density at radius 1 is 1.11 bits per heavy atom. The van der Waals surface area contributed by atoms with Gasteiger partial charge in [-0.05, 0) is 81.8 Å². The van der Waals surface area contributed by atoms with Crippen LogP contribution in [0.4, 0.5) is 4.79 Å². The van der Waals surface area contributed by atoms with E-state index < -0.39 is 23.8 Å². The number of hydrogen-bond acceptors (Lipinski definition) is 6. The second kappa shape index (κ2) is 14.8. The van der Waals surface area contributed by atoms with Crippen LogP contribution in [0.5, 0.6) is 0 Å². The number of aliphatic hydroxyl groups excluding tert-OH is 2. The second-order valence-corrected chi connectivity index (χ2v) is 12.3. The van der Waals surface area contributed by atoms with Crippen LogP contribution < -0.4 is 5.32 Å². The van der Waals surface area contributed by atoms with E-state index in [-0.39, 0.29) is 24.4 Å². The van der Waals surface area contributed by atoms with E-state index in [1.54, 1.807) is 7.11 Å². The molecule has 216 valence electrons. The van der Waals surface area contributed by atoms with Gasteiger partial charge >= 0.3 is 6.09 Å². The molecule has 0 fully saturated rings. The van der Waals surface area contributed by atoms with E-state index in [9.17, 15) is 15.0 Å². The van der Waals surface area contributed by atoms with Crippen LogP contribution in [0.15, 0.2) is 24.4 Å². The van der Waals surface area contributed by atoms with Crippen molar-refractivity contribution in [2.75, 3.05) is 20.3 Å².